The van der Waals surface area contributed by atoms with Gasteiger partial charge in [0, 0.05) is 16.8 Å². The normalized spacial score (nSPS) is 13.4. The van der Waals surface area contributed by atoms with Crippen molar-refractivity contribution in [1.29, 1.82) is 0 Å². The third kappa shape index (κ3) is 2.16. The molecule has 0 unspecified atom stereocenters. The maximum atomic E-state index is 13.4. The Hall–Kier alpha value is -1.68. The molecule has 1 heterocycles. The molecular formula is C14H12ClFN2O. The standard InChI is InChI=1S/C14H12ClFN2O/c1-19-12-7-8(5-6-10(12)16)14-17-11-4-2-3-9(11)13(15)18-14/h5-7H,2-4H2,1H3. The van der Waals surface area contributed by atoms with Crippen LogP contribution in [0.1, 0.15) is 17.7 Å². The van der Waals surface area contributed by atoms with Crippen LogP contribution in [0.3, 0.4) is 0 Å². The van der Waals surface area contributed by atoms with Gasteiger partial charge in [-0.25, -0.2) is 14.4 Å². The number of fused-ring (bicyclic) bond motifs is 1. The summed E-state index contributed by atoms with van der Waals surface area (Å²) in [7, 11) is 1.43. The van der Waals surface area contributed by atoms with Gasteiger partial charge in [0.05, 0.1) is 7.11 Å². The van der Waals surface area contributed by atoms with Crippen LogP contribution in [0.15, 0.2) is 18.2 Å². The molecule has 19 heavy (non-hydrogen) atoms. The summed E-state index contributed by atoms with van der Waals surface area (Å²) in [6.45, 7) is 0. The van der Waals surface area contributed by atoms with Crippen LogP contribution in [0.2, 0.25) is 5.15 Å². The van der Waals surface area contributed by atoms with Crippen LogP contribution >= 0.6 is 11.6 Å². The number of aromatic nitrogens is 2. The summed E-state index contributed by atoms with van der Waals surface area (Å²) >= 11 is 6.17. The number of rotatable bonds is 2. The highest BCUT2D eigenvalue weighted by molar-refractivity contribution is 6.30. The summed E-state index contributed by atoms with van der Waals surface area (Å²) in [5.74, 6) is 0.292. The number of aryl methyl sites for hydroxylation is 1. The van der Waals surface area contributed by atoms with Crippen molar-refractivity contribution in [2.75, 3.05) is 7.11 Å². The highest BCUT2D eigenvalue weighted by Crippen LogP contribution is 2.30. The molecule has 1 aromatic heterocycles. The van der Waals surface area contributed by atoms with Crippen LogP contribution in [0.5, 0.6) is 5.75 Å². The number of methoxy groups -OCH3 is 1. The predicted molar refractivity (Wildman–Crippen MR) is 71.0 cm³/mol. The Balaban J connectivity index is 2.10. The third-order valence-corrected chi connectivity index (χ3v) is 3.60. The first kappa shape index (κ1) is 12.4. The van der Waals surface area contributed by atoms with E-state index in [-0.39, 0.29) is 5.75 Å². The van der Waals surface area contributed by atoms with Gasteiger partial charge < -0.3 is 4.74 Å². The lowest BCUT2D eigenvalue weighted by atomic mass is 10.2. The summed E-state index contributed by atoms with van der Waals surface area (Å²) in [5, 5.41) is 0.501. The average molecular weight is 279 g/mol. The molecule has 3 nitrogen and oxygen atoms in total. The van der Waals surface area contributed by atoms with Gasteiger partial charge in [0.1, 0.15) is 5.15 Å². The number of hydrogen-bond donors (Lipinski definition) is 0. The Kier molecular flexibility index (Phi) is 3.11. The number of halogens is 2. The summed E-state index contributed by atoms with van der Waals surface area (Å²) in [6, 6.07) is 4.56. The zero-order valence-corrected chi connectivity index (χ0v) is 11.2. The molecule has 0 fully saturated rings. The second-order valence-corrected chi connectivity index (χ2v) is 4.82. The maximum Gasteiger partial charge on any atom is 0.165 e. The van der Waals surface area contributed by atoms with E-state index in [1.54, 1.807) is 12.1 Å². The van der Waals surface area contributed by atoms with E-state index in [0.29, 0.717) is 16.5 Å². The van der Waals surface area contributed by atoms with Crippen LogP contribution in [-0.2, 0) is 12.8 Å². The van der Waals surface area contributed by atoms with Crippen molar-refractivity contribution in [3.8, 4) is 17.1 Å². The van der Waals surface area contributed by atoms with Crippen molar-refractivity contribution < 1.29 is 9.13 Å². The first-order valence-corrected chi connectivity index (χ1v) is 6.46. The summed E-state index contributed by atoms with van der Waals surface area (Å²) < 4.78 is 18.4. The zero-order valence-electron chi connectivity index (χ0n) is 10.4. The Labute approximate surface area is 115 Å². The third-order valence-electron chi connectivity index (χ3n) is 3.29. The Morgan fingerprint density at radius 2 is 2.11 bits per heavy atom. The van der Waals surface area contributed by atoms with Crippen molar-refractivity contribution in [1.82, 2.24) is 9.97 Å². The van der Waals surface area contributed by atoms with E-state index >= 15 is 0 Å². The van der Waals surface area contributed by atoms with Crippen LogP contribution in [0.4, 0.5) is 4.39 Å². The minimum Gasteiger partial charge on any atom is -0.494 e. The quantitative estimate of drug-likeness (QED) is 0.790. The molecule has 1 aliphatic carbocycles. The molecule has 3 rings (SSSR count). The van der Waals surface area contributed by atoms with Crippen LogP contribution in [-0.4, -0.2) is 17.1 Å². The van der Waals surface area contributed by atoms with Gasteiger partial charge in [-0.2, -0.15) is 0 Å². The number of nitrogens with zero attached hydrogens (tertiary/aromatic N) is 2. The summed E-state index contributed by atoms with van der Waals surface area (Å²) in [4.78, 5) is 8.81. The topological polar surface area (TPSA) is 35.0 Å². The van der Waals surface area contributed by atoms with Crippen molar-refractivity contribution in [2.24, 2.45) is 0 Å². The molecule has 0 spiro atoms. The second-order valence-electron chi connectivity index (χ2n) is 4.47. The number of ether oxygens (including phenoxy) is 1. The molecule has 98 valence electrons. The Morgan fingerprint density at radius 3 is 2.89 bits per heavy atom. The van der Waals surface area contributed by atoms with Gasteiger partial charge >= 0.3 is 0 Å². The molecular weight excluding hydrogens is 267 g/mol. The number of benzene rings is 1. The molecule has 2 aromatic rings. The summed E-state index contributed by atoms with van der Waals surface area (Å²) in [6.07, 6.45) is 2.91. The van der Waals surface area contributed by atoms with E-state index in [1.165, 1.54) is 13.2 Å². The maximum absolute atomic E-state index is 13.4. The lowest BCUT2D eigenvalue weighted by Crippen LogP contribution is -1.98. The molecule has 0 amide bonds. The monoisotopic (exact) mass is 278 g/mol. The first-order valence-electron chi connectivity index (χ1n) is 6.08. The van der Waals surface area contributed by atoms with E-state index in [2.05, 4.69) is 9.97 Å². The molecule has 0 saturated heterocycles. The van der Waals surface area contributed by atoms with Gasteiger partial charge in [-0.3, -0.25) is 0 Å². The van der Waals surface area contributed by atoms with Gasteiger partial charge in [0.2, 0.25) is 0 Å². The fourth-order valence-electron chi connectivity index (χ4n) is 2.31. The van der Waals surface area contributed by atoms with Gasteiger partial charge in [-0.15, -0.1) is 0 Å². The average Bonchev–Trinajstić information content (AvgIpc) is 2.88. The van der Waals surface area contributed by atoms with Crippen LogP contribution < -0.4 is 4.74 Å². The van der Waals surface area contributed by atoms with Gasteiger partial charge in [-0.1, -0.05) is 11.6 Å². The van der Waals surface area contributed by atoms with Gasteiger partial charge in [0.15, 0.2) is 17.4 Å². The van der Waals surface area contributed by atoms with E-state index in [0.717, 1.165) is 30.5 Å². The van der Waals surface area contributed by atoms with E-state index in [1.807, 2.05) is 0 Å². The fourth-order valence-corrected chi connectivity index (χ4v) is 2.60. The van der Waals surface area contributed by atoms with Crippen LogP contribution in [0.25, 0.3) is 11.4 Å². The molecule has 0 aliphatic heterocycles. The highest BCUT2D eigenvalue weighted by atomic mass is 35.5. The Morgan fingerprint density at radius 1 is 1.26 bits per heavy atom. The lowest BCUT2D eigenvalue weighted by Gasteiger charge is -2.07. The largest absolute Gasteiger partial charge is 0.494 e. The van der Waals surface area contributed by atoms with Crippen molar-refractivity contribution in [2.45, 2.75) is 19.3 Å². The second kappa shape index (κ2) is 4.78. The molecule has 1 aliphatic rings. The van der Waals surface area contributed by atoms with E-state index in [9.17, 15) is 4.39 Å². The minimum atomic E-state index is -0.404. The lowest BCUT2D eigenvalue weighted by molar-refractivity contribution is 0.387. The summed E-state index contributed by atoms with van der Waals surface area (Å²) in [5.41, 5.74) is 2.74. The number of hydrogen-bond acceptors (Lipinski definition) is 3. The highest BCUT2D eigenvalue weighted by Gasteiger charge is 2.19. The Bertz CT molecular complexity index is 646. The first-order chi connectivity index (χ1) is 9.19. The van der Waals surface area contributed by atoms with Gasteiger partial charge in [-0.05, 0) is 37.5 Å². The predicted octanol–water partition coefficient (Wildman–Crippen LogP) is 3.43. The van der Waals surface area contributed by atoms with E-state index in [4.69, 9.17) is 16.3 Å². The zero-order chi connectivity index (χ0) is 13.4. The minimum absolute atomic E-state index is 0.178. The van der Waals surface area contributed by atoms with Crippen molar-refractivity contribution in [3.05, 3.63) is 40.4 Å². The van der Waals surface area contributed by atoms with E-state index < -0.39 is 5.82 Å². The van der Waals surface area contributed by atoms with Crippen molar-refractivity contribution >= 4 is 11.6 Å². The smallest absolute Gasteiger partial charge is 0.165 e. The molecule has 0 atom stereocenters. The van der Waals surface area contributed by atoms with Crippen molar-refractivity contribution in [3.63, 3.8) is 0 Å². The molecule has 5 heteroatoms. The molecule has 0 bridgehead atoms. The molecule has 1 aromatic carbocycles. The fraction of sp³-hybridized carbons (Fsp3) is 0.286. The molecule has 0 saturated carbocycles. The van der Waals surface area contributed by atoms with Gasteiger partial charge in [0.25, 0.3) is 0 Å². The SMILES string of the molecule is COc1cc(-c2nc(Cl)c3c(n2)CCC3)ccc1F. The molecule has 0 N–H and O–H groups in total. The molecule has 0 radical (unpaired) electrons. The van der Waals surface area contributed by atoms with Crippen LogP contribution in [0, 0.1) is 5.82 Å².